The Balaban J connectivity index is 0.862. The lowest BCUT2D eigenvalue weighted by molar-refractivity contribution is -0.137. The van der Waals surface area contributed by atoms with Crippen LogP contribution in [-0.2, 0) is 6.18 Å². The summed E-state index contributed by atoms with van der Waals surface area (Å²) in [6.07, 6.45) is -4.47. The zero-order chi connectivity index (χ0) is 66.3. The van der Waals surface area contributed by atoms with Gasteiger partial charge in [0.05, 0.1) is 60.9 Å². The highest BCUT2D eigenvalue weighted by Gasteiger charge is 2.31. The number of alkyl halides is 3. The van der Waals surface area contributed by atoms with Crippen molar-refractivity contribution in [2.75, 3.05) is 0 Å². The van der Waals surface area contributed by atoms with Gasteiger partial charge in [-0.3, -0.25) is 0 Å². The summed E-state index contributed by atoms with van der Waals surface area (Å²) < 4.78 is 51.5. The van der Waals surface area contributed by atoms with Crippen LogP contribution in [0.1, 0.15) is 5.56 Å². The molecule has 0 aliphatic carbocycles. The molecule has 0 bridgehead atoms. The van der Waals surface area contributed by atoms with Gasteiger partial charge in [0, 0.05) is 82.4 Å². The van der Waals surface area contributed by atoms with Gasteiger partial charge in [-0.05, 0) is 159 Å². The van der Waals surface area contributed by atoms with Crippen molar-refractivity contribution in [2.24, 2.45) is 0 Å². The van der Waals surface area contributed by atoms with Gasteiger partial charge in [0.25, 0.3) is 0 Å². The number of hydrogen-bond acceptors (Lipinski definition) is 2. The smallest absolute Gasteiger partial charge is 0.309 e. The molecule has 470 valence electrons. The van der Waals surface area contributed by atoms with Crippen LogP contribution in [0, 0.1) is 0 Å². The fourth-order valence-electron chi connectivity index (χ4n) is 16.2. The molecule has 0 spiro atoms. The average molecular weight is 1290 g/mol. The lowest BCUT2D eigenvalue weighted by Crippen LogP contribution is -2.04. The maximum Gasteiger partial charge on any atom is 0.416 e. The monoisotopic (exact) mass is 1290 g/mol. The lowest BCUT2D eigenvalue weighted by Gasteiger charge is -2.17. The van der Waals surface area contributed by atoms with E-state index in [1.807, 2.05) is 36.4 Å². The predicted molar refractivity (Wildman–Crippen MR) is 407 cm³/mol. The minimum absolute atomic E-state index is 0.506. The molecule has 6 nitrogen and oxygen atoms in total. The summed E-state index contributed by atoms with van der Waals surface area (Å²) in [7, 11) is 0. The van der Waals surface area contributed by atoms with Crippen LogP contribution >= 0.6 is 0 Å². The van der Waals surface area contributed by atoms with Gasteiger partial charge in [-0.15, -0.1) is 0 Å². The second kappa shape index (κ2) is 22.2. The highest BCUT2D eigenvalue weighted by atomic mass is 19.4. The predicted octanol–water partition coefficient (Wildman–Crippen LogP) is 24.5. The van der Waals surface area contributed by atoms with Gasteiger partial charge < -0.3 is 18.3 Å². The Labute approximate surface area is 571 Å². The van der Waals surface area contributed by atoms with Crippen molar-refractivity contribution in [1.29, 1.82) is 0 Å². The van der Waals surface area contributed by atoms with Crippen LogP contribution in [0.15, 0.2) is 334 Å². The number of para-hydroxylation sites is 6. The molecule has 0 radical (unpaired) electrons. The summed E-state index contributed by atoms with van der Waals surface area (Å²) in [6.45, 7) is 0. The standard InChI is InChI=1S/C91H55F3N6/c92-91(93,94)61-49-46-56(47-50-61)58-23-17-24-59(52-58)89-88-66-29-8-7-22-57(66)48-51-75(88)95-90(96-89)60-53-64(99-78-40-15-11-32-73(78)86-69(36-20-44-82(86)99)67-34-18-42-80-84(67)71-30-9-13-38-76(71)97(80)62-25-3-1-4-26-62)55-65(54-60)100-79-41-16-12-33-74(79)87-70(37-21-45-83(87)100)68-35-19-43-81-85(68)72-31-10-14-39-77(72)98(81)63-27-5-2-6-28-63/h1-55H. The van der Waals surface area contributed by atoms with Crippen LogP contribution in [0.4, 0.5) is 13.2 Å². The molecule has 0 saturated heterocycles. The summed E-state index contributed by atoms with van der Waals surface area (Å²) in [6, 6.07) is 116. The second-order valence-corrected chi connectivity index (χ2v) is 25.9. The lowest BCUT2D eigenvalue weighted by atomic mass is 9.95. The normalized spacial score (nSPS) is 12.2. The van der Waals surface area contributed by atoms with E-state index in [9.17, 15) is 13.2 Å². The van der Waals surface area contributed by atoms with E-state index >= 15 is 0 Å². The molecule has 0 fully saturated rings. The van der Waals surface area contributed by atoms with E-state index in [1.54, 1.807) is 12.1 Å². The van der Waals surface area contributed by atoms with E-state index in [1.165, 1.54) is 21.5 Å². The molecule has 0 unspecified atom stereocenters. The van der Waals surface area contributed by atoms with Gasteiger partial charge in [0.1, 0.15) is 0 Å². The first-order chi connectivity index (χ1) is 49.3. The summed E-state index contributed by atoms with van der Waals surface area (Å²) in [5.74, 6) is 0.506. The Morgan fingerprint density at radius 2 is 0.620 bits per heavy atom. The highest BCUT2D eigenvalue weighted by molar-refractivity contribution is 6.24. The fraction of sp³-hybridized carbons (Fsp3) is 0.0110. The summed E-state index contributed by atoms with van der Waals surface area (Å²) in [5, 5.41) is 12.1. The third-order valence-corrected chi connectivity index (χ3v) is 20.3. The first-order valence-corrected chi connectivity index (χ1v) is 33.6. The summed E-state index contributed by atoms with van der Waals surface area (Å²) >= 11 is 0. The number of rotatable bonds is 9. The summed E-state index contributed by atoms with van der Waals surface area (Å²) in [4.78, 5) is 11.4. The zero-order valence-electron chi connectivity index (χ0n) is 53.6. The number of fused-ring (bicyclic) bond motifs is 15. The Morgan fingerprint density at radius 1 is 0.240 bits per heavy atom. The maximum atomic E-state index is 14.0. The first-order valence-electron chi connectivity index (χ1n) is 33.6. The largest absolute Gasteiger partial charge is 0.416 e. The third-order valence-electron chi connectivity index (χ3n) is 20.3. The van der Waals surface area contributed by atoms with Crippen molar-refractivity contribution in [2.45, 2.75) is 6.18 Å². The van der Waals surface area contributed by atoms with Crippen molar-refractivity contribution >= 4 is 109 Å². The molecule has 100 heavy (non-hydrogen) atoms. The van der Waals surface area contributed by atoms with E-state index in [2.05, 4.69) is 291 Å². The molecule has 20 rings (SSSR count). The third kappa shape index (κ3) is 8.78. The van der Waals surface area contributed by atoms with Crippen LogP contribution in [0.3, 0.4) is 0 Å². The number of hydrogen-bond donors (Lipinski definition) is 0. The summed E-state index contributed by atoms with van der Waals surface area (Å²) in [5.41, 5.74) is 20.9. The minimum atomic E-state index is -4.47. The molecule has 0 aliphatic rings. The molecule has 0 saturated carbocycles. The SMILES string of the molecule is FC(F)(F)c1ccc(-c2cccc(-c3nc(-c4cc(-n5c6ccccc6c6c(-c7cccc8c7c7ccccc7n8-c7ccccc7)cccc65)cc(-n5c6ccccc6c6c(-c7cccc8c7c7ccccc7n8-c7ccccc7)cccc65)c4)nc4ccc5ccccc5c34)c2)cc1. The van der Waals surface area contributed by atoms with Gasteiger partial charge in [-0.1, -0.05) is 218 Å². The van der Waals surface area contributed by atoms with Crippen molar-refractivity contribution < 1.29 is 13.2 Å². The molecule has 0 amide bonds. The van der Waals surface area contributed by atoms with E-state index in [4.69, 9.17) is 9.97 Å². The number of benzene rings is 15. The van der Waals surface area contributed by atoms with Crippen molar-refractivity contribution in [3.05, 3.63) is 339 Å². The van der Waals surface area contributed by atoms with Crippen LogP contribution < -0.4 is 0 Å². The molecule has 5 heterocycles. The van der Waals surface area contributed by atoms with Gasteiger partial charge in [-0.25, -0.2) is 9.97 Å². The highest BCUT2D eigenvalue weighted by Crippen LogP contribution is 2.48. The Bertz CT molecular complexity index is 6460. The van der Waals surface area contributed by atoms with Crippen LogP contribution in [0.2, 0.25) is 0 Å². The Morgan fingerprint density at radius 3 is 1.07 bits per heavy atom. The number of aromatic nitrogens is 6. The van der Waals surface area contributed by atoms with Gasteiger partial charge in [0.2, 0.25) is 0 Å². The second-order valence-electron chi connectivity index (χ2n) is 25.9. The molecule has 15 aromatic carbocycles. The molecule has 0 atom stereocenters. The Hall–Kier alpha value is -13.1. The molecule has 0 N–H and O–H groups in total. The van der Waals surface area contributed by atoms with E-state index < -0.39 is 11.7 Å². The number of nitrogens with zero attached hydrogens (tertiary/aromatic N) is 6. The van der Waals surface area contributed by atoms with Crippen LogP contribution in [0.5, 0.6) is 0 Å². The van der Waals surface area contributed by atoms with Crippen LogP contribution in [0.25, 0.3) is 188 Å². The molecule has 20 aromatic rings. The van der Waals surface area contributed by atoms with E-state index in [-0.39, 0.29) is 0 Å². The average Bonchev–Trinajstić information content (AvgIpc) is 1.40. The number of halogens is 3. The molecule has 9 heteroatoms. The first kappa shape index (κ1) is 57.2. The van der Waals surface area contributed by atoms with Crippen molar-refractivity contribution in [3.63, 3.8) is 0 Å². The minimum Gasteiger partial charge on any atom is -0.309 e. The zero-order valence-corrected chi connectivity index (χ0v) is 53.6. The maximum absolute atomic E-state index is 14.0. The van der Waals surface area contributed by atoms with Gasteiger partial charge >= 0.3 is 6.18 Å². The van der Waals surface area contributed by atoms with Crippen molar-refractivity contribution in [1.82, 2.24) is 28.2 Å². The quantitative estimate of drug-likeness (QED) is 0.135. The van der Waals surface area contributed by atoms with Crippen molar-refractivity contribution in [3.8, 4) is 78.8 Å². The Kier molecular flexibility index (Phi) is 12.7. The fourth-order valence-corrected chi connectivity index (χ4v) is 16.2. The van der Waals surface area contributed by atoms with E-state index in [0.717, 1.165) is 161 Å². The molecule has 5 aromatic heterocycles. The van der Waals surface area contributed by atoms with E-state index in [0.29, 0.717) is 17.1 Å². The van der Waals surface area contributed by atoms with Gasteiger partial charge in [0.15, 0.2) is 5.82 Å². The molecular weight excluding hydrogens is 1230 g/mol. The molecule has 0 aliphatic heterocycles. The van der Waals surface area contributed by atoms with Gasteiger partial charge in [-0.2, -0.15) is 13.2 Å². The van der Waals surface area contributed by atoms with Crippen LogP contribution in [-0.4, -0.2) is 28.2 Å². The molecular formula is C91H55F3N6. The topological polar surface area (TPSA) is 45.5 Å².